The second-order valence-electron chi connectivity index (χ2n) is 2.90. The summed E-state index contributed by atoms with van der Waals surface area (Å²) in [6.07, 6.45) is 0.874. The molecule has 0 saturated carbocycles. The minimum atomic E-state index is 0.658. The van der Waals surface area contributed by atoms with E-state index in [0.717, 1.165) is 17.9 Å². The maximum Gasteiger partial charge on any atom is 0.122 e. The summed E-state index contributed by atoms with van der Waals surface area (Å²) in [6.45, 7) is 3.95. The largest absolute Gasteiger partial charge is 0.494 e. The number of nitrogens with two attached hydrogens (primary N) is 1. The fourth-order valence-corrected chi connectivity index (χ4v) is 1.09. The van der Waals surface area contributed by atoms with Gasteiger partial charge in [-0.1, -0.05) is 6.07 Å². The third-order valence-corrected chi connectivity index (χ3v) is 1.73. The molecule has 3 heteroatoms. The Hall–Kier alpha value is -1.22. The Morgan fingerprint density at radius 3 is 2.57 bits per heavy atom. The molecule has 1 aromatic rings. The Morgan fingerprint density at radius 1 is 1.21 bits per heavy atom. The monoisotopic (exact) mass is 195 g/mol. The van der Waals surface area contributed by atoms with Crippen molar-refractivity contribution < 1.29 is 9.47 Å². The van der Waals surface area contributed by atoms with Gasteiger partial charge in [-0.25, -0.2) is 0 Å². The second-order valence-corrected chi connectivity index (χ2v) is 2.90. The fraction of sp³-hybridized carbons (Fsp3) is 0.455. The molecule has 0 aliphatic carbocycles. The number of hydrogen-bond donors (Lipinski definition) is 1. The summed E-state index contributed by atoms with van der Waals surface area (Å²) in [5, 5.41) is 0. The van der Waals surface area contributed by atoms with Gasteiger partial charge in [-0.05, 0) is 32.0 Å². The zero-order chi connectivity index (χ0) is 10.2. The van der Waals surface area contributed by atoms with Crippen molar-refractivity contribution in [3.63, 3.8) is 0 Å². The van der Waals surface area contributed by atoms with E-state index >= 15 is 0 Å². The molecule has 0 unspecified atom stereocenters. The lowest BCUT2D eigenvalue weighted by Gasteiger charge is -2.07. The van der Waals surface area contributed by atoms with E-state index in [2.05, 4.69) is 0 Å². The Bertz CT molecular complexity index is 263. The molecule has 0 aliphatic heterocycles. The van der Waals surface area contributed by atoms with Crippen LogP contribution in [0.1, 0.15) is 13.3 Å². The Labute approximate surface area is 84.8 Å². The van der Waals surface area contributed by atoms with Crippen molar-refractivity contribution in [1.29, 1.82) is 0 Å². The minimum Gasteiger partial charge on any atom is -0.494 e. The third kappa shape index (κ3) is 3.66. The normalized spacial score (nSPS) is 9.86. The fourth-order valence-electron chi connectivity index (χ4n) is 1.09. The van der Waals surface area contributed by atoms with Gasteiger partial charge in [0.05, 0.1) is 13.2 Å². The molecule has 0 bridgehead atoms. The lowest BCUT2D eigenvalue weighted by molar-refractivity contribution is 0.306. The van der Waals surface area contributed by atoms with Crippen LogP contribution in [0, 0.1) is 0 Å². The van der Waals surface area contributed by atoms with Gasteiger partial charge in [0.1, 0.15) is 11.5 Å². The van der Waals surface area contributed by atoms with E-state index in [1.807, 2.05) is 31.2 Å². The molecule has 0 radical (unpaired) electrons. The van der Waals surface area contributed by atoms with Crippen LogP contribution in [0.15, 0.2) is 24.3 Å². The third-order valence-electron chi connectivity index (χ3n) is 1.73. The lowest BCUT2D eigenvalue weighted by atomic mass is 10.3. The van der Waals surface area contributed by atoms with Crippen molar-refractivity contribution in [2.45, 2.75) is 13.3 Å². The van der Waals surface area contributed by atoms with Crippen LogP contribution >= 0.6 is 0 Å². The molecule has 0 aromatic heterocycles. The SMILES string of the molecule is CCOc1cccc(OCCCN)c1. The highest BCUT2D eigenvalue weighted by Gasteiger charge is 1.96. The van der Waals surface area contributed by atoms with E-state index in [-0.39, 0.29) is 0 Å². The van der Waals surface area contributed by atoms with Crippen molar-refractivity contribution in [2.24, 2.45) is 5.73 Å². The maximum absolute atomic E-state index is 5.47. The molecule has 0 fully saturated rings. The van der Waals surface area contributed by atoms with Crippen LogP contribution in [0.5, 0.6) is 11.5 Å². The molecule has 3 nitrogen and oxygen atoms in total. The zero-order valence-electron chi connectivity index (χ0n) is 8.53. The first-order valence-corrected chi connectivity index (χ1v) is 4.92. The summed E-state index contributed by atoms with van der Waals surface area (Å²) in [6, 6.07) is 7.64. The molecule has 1 aromatic carbocycles. The topological polar surface area (TPSA) is 44.5 Å². The summed E-state index contributed by atoms with van der Waals surface area (Å²) in [7, 11) is 0. The van der Waals surface area contributed by atoms with Gasteiger partial charge in [-0.3, -0.25) is 0 Å². The first kappa shape index (κ1) is 10.9. The van der Waals surface area contributed by atoms with Crippen LogP contribution in [0.2, 0.25) is 0 Å². The van der Waals surface area contributed by atoms with Crippen LogP contribution in [0.25, 0.3) is 0 Å². The molecule has 0 spiro atoms. The quantitative estimate of drug-likeness (QED) is 0.704. The average Bonchev–Trinajstić information content (AvgIpc) is 2.19. The summed E-state index contributed by atoms with van der Waals surface area (Å²) in [5.74, 6) is 1.68. The Kier molecular flexibility index (Phi) is 4.86. The van der Waals surface area contributed by atoms with Gasteiger partial charge in [0.2, 0.25) is 0 Å². The van der Waals surface area contributed by atoms with E-state index in [1.165, 1.54) is 0 Å². The molecular formula is C11H17NO2. The summed E-state index contributed by atoms with van der Waals surface area (Å²) < 4.78 is 10.8. The minimum absolute atomic E-state index is 0.658. The molecule has 0 heterocycles. The first-order chi connectivity index (χ1) is 6.86. The van der Waals surface area contributed by atoms with E-state index in [1.54, 1.807) is 0 Å². The van der Waals surface area contributed by atoms with Gasteiger partial charge in [-0.15, -0.1) is 0 Å². The molecule has 0 saturated heterocycles. The zero-order valence-corrected chi connectivity index (χ0v) is 8.53. The summed E-state index contributed by atoms with van der Waals surface area (Å²) in [5.41, 5.74) is 5.37. The van der Waals surface area contributed by atoms with E-state index in [4.69, 9.17) is 15.2 Å². The van der Waals surface area contributed by atoms with Gasteiger partial charge >= 0.3 is 0 Å². The number of ether oxygens (including phenoxy) is 2. The molecule has 14 heavy (non-hydrogen) atoms. The van der Waals surface area contributed by atoms with Crippen molar-refractivity contribution >= 4 is 0 Å². The van der Waals surface area contributed by atoms with Crippen molar-refractivity contribution in [3.8, 4) is 11.5 Å². The number of benzene rings is 1. The smallest absolute Gasteiger partial charge is 0.122 e. The van der Waals surface area contributed by atoms with Gasteiger partial charge in [0, 0.05) is 6.07 Å². The van der Waals surface area contributed by atoms with Crippen molar-refractivity contribution in [2.75, 3.05) is 19.8 Å². The molecule has 1 rings (SSSR count). The van der Waals surface area contributed by atoms with Crippen LogP contribution < -0.4 is 15.2 Å². The average molecular weight is 195 g/mol. The van der Waals surface area contributed by atoms with Gasteiger partial charge in [0.25, 0.3) is 0 Å². The molecule has 78 valence electrons. The lowest BCUT2D eigenvalue weighted by Crippen LogP contribution is -2.06. The first-order valence-electron chi connectivity index (χ1n) is 4.92. The Morgan fingerprint density at radius 2 is 1.93 bits per heavy atom. The number of hydrogen-bond acceptors (Lipinski definition) is 3. The van der Waals surface area contributed by atoms with Crippen molar-refractivity contribution in [3.05, 3.63) is 24.3 Å². The van der Waals surface area contributed by atoms with Crippen LogP contribution in [-0.4, -0.2) is 19.8 Å². The standard InChI is InChI=1S/C11H17NO2/c1-2-13-10-5-3-6-11(9-10)14-8-4-7-12/h3,5-6,9H,2,4,7-8,12H2,1H3. The van der Waals surface area contributed by atoms with Crippen LogP contribution in [0.4, 0.5) is 0 Å². The molecule has 2 N–H and O–H groups in total. The Balaban J connectivity index is 2.46. The summed E-state index contributed by atoms with van der Waals surface area (Å²) >= 11 is 0. The van der Waals surface area contributed by atoms with Crippen LogP contribution in [-0.2, 0) is 0 Å². The molecule has 0 aliphatic rings. The highest BCUT2D eigenvalue weighted by molar-refractivity contribution is 5.32. The van der Waals surface area contributed by atoms with Crippen LogP contribution in [0.3, 0.4) is 0 Å². The van der Waals surface area contributed by atoms with Gasteiger partial charge in [0.15, 0.2) is 0 Å². The van der Waals surface area contributed by atoms with Gasteiger partial charge in [-0.2, -0.15) is 0 Å². The maximum atomic E-state index is 5.47. The highest BCUT2D eigenvalue weighted by atomic mass is 16.5. The van der Waals surface area contributed by atoms with E-state index < -0.39 is 0 Å². The predicted molar refractivity (Wildman–Crippen MR) is 56.8 cm³/mol. The second kappa shape index (κ2) is 6.27. The molecular weight excluding hydrogens is 178 g/mol. The predicted octanol–water partition coefficient (Wildman–Crippen LogP) is 1.81. The van der Waals surface area contributed by atoms with Crippen molar-refractivity contribution in [1.82, 2.24) is 0 Å². The highest BCUT2D eigenvalue weighted by Crippen LogP contribution is 2.19. The number of rotatable bonds is 6. The summed E-state index contributed by atoms with van der Waals surface area (Å²) in [4.78, 5) is 0. The van der Waals surface area contributed by atoms with E-state index in [9.17, 15) is 0 Å². The van der Waals surface area contributed by atoms with E-state index in [0.29, 0.717) is 19.8 Å². The molecule has 0 atom stereocenters. The molecule has 0 amide bonds. The van der Waals surface area contributed by atoms with Gasteiger partial charge < -0.3 is 15.2 Å².